The number of nitriles is 1. The fourth-order valence-electron chi connectivity index (χ4n) is 1.72. The summed E-state index contributed by atoms with van der Waals surface area (Å²) in [5.74, 6) is 0.0320. The van der Waals surface area contributed by atoms with Crippen molar-refractivity contribution in [2.45, 2.75) is 12.5 Å². The Bertz CT molecular complexity index is 614. The first-order chi connectivity index (χ1) is 9.69. The van der Waals surface area contributed by atoms with Crippen molar-refractivity contribution in [2.24, 2.45) is 0 Å². The quantitative estimate of drug-likeness (QED) is 0.524. The molecule has 0 saturated heterocycles. The minimum absolute atomic E-state index is 0.198. The molecule has 0 aromatic heterocycles. The fraction of sp³-hybridized carbons (Fsp3) is 0.125. The Morgan fingerprint density at radius 2 is 1.80 bits per heavy atom. The lowest BCUT2D eigenvalue weighted by Crippen LogP contribution is -2.11. The van der Waals surface area contributed by atoms with Crippen molar-refractivity contribution in [2.75, 3.05) is 0 Å². The van der Waals surface area contributed by atoms with Gasteiger partial charge in [0.2, 0.25) is 0 Å². The molecule has 0 amide bonds. The average Bonchev–Trinajstić information content (AvgIpc) is 2.48. The first kappa shape index (κ1) is 13.8. The predicted octanol–water partition coefficient (Wildman–Crippen LogP) is 2.39. The molecular formula is C16H13NO3. The summed E-state index contributed by atoms with van der Waals surface area (Å²) >= 11 is 0. The number of hydrogen-bond acceptors (Lipinski definition) is 4. The molecule has 0 aliphatic heterocycles. The third-order valence-corrected chi connectivity index (χ3v) is 2.74. The highest BCUT2D eigenvalue weighted by Crippen LogP contribution is 2.17. The minimum Gasteiger partial charge on any atom is -0.426 e. The molecule has 0 radical (unpaired) electrons. The maximum absolute atomic E-state index is 11.7. The number of esters is 1. The SMILES string of the molecule is N#CC(O)c1ccc(OC(=O)Cc2ccccc2)cc1. The van der Waals surface area contributed by atoms with Gasteiger partial charge in [0.1, 0.15) is 5.75 Å². The molecule has 0 aliphatic rings. The summed E-state index contributed by atoms with van der Waals surface area (Å²) in [6.45, 7) is 0. The predicted molar refractivity (Wildman–Crippen MR) is 72.8 cm³/mol. The summed E-state index contributed by atoms with van der Waals surface area (Å²) in [6, 6.07) is 17.3. The normalized spacial score (nSPS) is 11.4. The van der Waals surface area contributed by atoms with E-state index in [1.165, 1.54) is 0 Å². The summed E-state index contributed by atoms with van der Waals surface area (Å²) in [7, 11) is 0. The number of carbonyl (C=O) groups excluding carboxylic acids is 1. The van der Waals surface area contributed by atoms with Crippen LogP contribution in [0.5, 0.6) is 5.75 Å². The highest BCUT2D eigenvalue weighted by molar-refractivity contribution is 5.75. The van der Waals surface area contributed by atoms with Gasteiger partial charge in [0, 0.05) is 0 Å². The molecule has 1 unspecified atom stereocenters. The molecule has 2 aromatic carbocycles. The van der Waals surface area contributed by atoms with Crippen molar-refractivity contribution in [3.05, 3.63) is 65.7 Å². The van der Waals surface area contributed by atoms with Gasteiger partial charge in [0.15, 0.2) is 6.10 Å². The van der Waals surface area contributed by atoms with Gasteiger partial charge >= 0.3 is 5.97 Å². The van der Waals surface area contributed by atoms with Gasteiger partial charge in [-0.05, 0) is 23.3 Å². The van der Waals surface area contributed by atoms with Crippen LogP contribution in [0.3, 0.4) is 0 Å². The van der Waals surface area contributed by atoms with Crippen LogP contribution in [0.1, 0.15) is 17.2 Å². The van der Waals surface area contributed by atoms with Gasteiger partial charge < -0.3 is 9.84 Å². The molecule has 2 aromatic rings. The zero-order valence-corrected chi connectivity index (χ0v) is 10.7. The molecule has 0 heterocycles. The van der Waals surface area contributed by atoms with Crippen molar-refractivity contribution >= 4 is 5.97 Å². The number of benzene rings is 2. The van der Waals surface area contributed by atoms with E-state index in [2.05, 4.69) is 0 Å². The van der Waals surface area contributed by atoms with Crippen molar-refractivity contribution in [3.8, 4) is 11.8 Å². The smallest absolute Gasteiger partial charge is 0.315 e. The average molecular weight is 267 g/mol. The van der Waals surface area contributed by atoms with Crippen LogP contribution >= 0.6 is 0 Å². The lowest BCUT2D eigenvalue weighted by Gasteiger charge is -2.06. The zero-order chi connectivity index (χ0) is 14.4. The number of aliphatic hydroxyl groups is 1. The molecule has 1 N–H and O–H groups in total. The molecule has 0 spiro atoms. The second-order valence-electron chi connectivity index (χ2n) is 4.24. The molecule has 0 saturated carbocycles. The molecule has 100 valence electrons. The van der Waals surface area contributed by atoms with Crippen LogP contribution in [-0.2, 0) is 11.2 Å². The molecule has 4 heteroatoms. The van der Waals surface area contributed by atoms with Crippen LogP contribution in [0.15, 0.2) is 54.6 Å². The third-order valence-electron chi connectivity index (χ3n) is 2.74. The van der Waals surface area contributed by atoms with Gasteiger partial charge in [-0.3, -0.25) is 4.79 Å². The molecule has 0 bridgehead atoms. The van der Waals surface area contributed by atoms with Gasteiger partial charge in [-0.2, -0.15) is 5.26 Å². The Morgan fingerprint density at radius 1 is 1.15 bits per heavy atom. The van der Waals surface area contributed by atoms with Gasteiger partial charge in [-0.1, -0.05) is 42.5 Å². The maximum atomic E-state index is 11.7. The number of rotatable bonds is 4. The molecular weight excluding hydrogens is 254 g/mol. The lowest BCUT2D eigenvalue weighted by atomic mass is 10.1. The highest BCUT2D eigenvalue weighted by Gasteiger charge is 2.08. The number of hydrogen-bond donors (Lipinski definition) is 1. The second-order valence-corrected chi connectivity index (χ2v) is 4.24. The van der Waals surface area contributed by atoms with E-state index in [-0.39, 0.29) is 12.4 Å². The van der Waals surface area contributed by atoms with Crippen LogP contribution in [0.25, 0.3) is 0 Å². The molecule has 2 rings (SSSR count). The van der Waals surface area contributed by atoms with Crippen molar-refractivity contribution in [3.63, 3.8) is 0 Å². The van der Waals surface area contributed by atoms with E-state index in [1.54, 1.807) is 30.3 Å². The van der Waals surface area contributed by atoms with E-state index < -0.39 is 6.10 Å². The fourth-order valence-corrected chi connectivity index (χ4v) is 1.72. The lowest BCUT2D eigenvalue weighted by molar-refractivity contribution is -0.133. The van der Waals surface area contributed by atoms with E-state index in [4.69, 9.17) is 10.00 Å². The third kappa shape index (κ3) is 3.67. The van der Waals surface area contributed by atoms with Gasteiger partial charge in [0.25, 0.3) is 0 Å². The monoisotopic (exact) mass is 267 g/mol. The van der Waals surface area contributed by atoms with Crippen LogP contribution in [0.2, 0.25) is 0 Å². The van der Waals surface area contributed by atoms with Crippen LogP contribution < -0.4 is 4.74 Å². The summed E-state index contributed by atoms with van der Waals surface area (Å²) in [4.78, 5) is 11.7. The second kappa shape index (κ2) is 6.50. The Hall–Kier alpha value is -2.64. The zero-order valence-electron chi connectivity index (χ0n) is 10.7. The number of nitrogens with zero attached hydrogens (tertiary/aromatic N) is 1. The van der Waals surface area contributed by atoms with Crippen LogP contribution in [-0.4, -0.2) is 11.1 Å². The van der Waals surface area contributed by atoms with Crippen molar-refractivity contribution in [1.29, 1.82) is 5.26 Å². The summed E-state index contributed by atoms with van der Waals surface area (Å²) in [5, 5.41) is 17.9. The molecule has 4 nitrogen and oxygen atoms in total. The van der Waals surface area contributed by atoms with Gasteiger partial charge in [-0.25, -0.2) is 0 Å². The number of carbonyl (C=O) groups is 1. The van der Waals surface area contributed by atoms with Crippen LogP contribution in [0, 0.1) is 11.3 Å². The minimum atomic E-state index is -1.16. The highest BCUT2D eigenvalue weighted by atomic mass is 16.5. The summed E-state index contributed by atoms with van der Waals surface area (Å²) in [5.41, 5.74) is 1.35. The largest absolute Gasteiger partial charge is 0.426 e. The van der Waals surface area contributed by atoms with Gasteiger partial charge in [0.05, 0.1) is 12.5 Å². The number of ether oxygens (including phenoxy) is 1. The molecule has 1 atom stereocenters. The number of aliphatic hydroxyl groups excluding tert-OH is 1. The molecule has 0 fully saturated rings. The Balaban J connectivity index is 1.97. The maximum Gasteiger partial charge on any atom is 0.315 e. The van der Waals surface area contributed by atoms with E-state index in [0.717, 1.165) is 5.56 Å². The standard InChI is InChI=1S/C16H13NO3/c17-11-15(18)13-6-8-14(9-7-13)20-16(19)10-12-4-2-1-3-5-12/h1-9,15,18H,10H2. The van der Waals surface area contributed by atoms with E-state index in [9.17, 15) is 9.90 Å². The van der Waals surface area contributed by atoms with Gasteiger partial charge in [-0.15, -0.1) is 0 Å². The topological polar surface area (TPSA) is 70.3 Å². The van der Waals surface area contributed by atoms with E-state index in [0.29, 0.717) is 11.3 Å². The van der Waals surface area contributed by atoms with E-state index >= 15 is 0 Å². The van der Waals surface area contributed by atoms with Crippen molar-refractivity contribution < 1.29 is 14.6 Å². The Morgan fingerprint density at radius 3 is 2.40 bits per heavy atom. The molecule has 0 aliphatic carbocycles. The first-order valence-corrected chi connectivity index (χ1v) is 6.11. The van der Waals surface area contributed by atoms with Crippen LogP contribution in [0.4, 0.5) is 0 Å². The van der Waals surface area contributed by atoms with E-state index in [1.807, 2.05) is 30.3 Å². The summed E-state index contributed by atoms with van der Waals surface area (Å²) in [6.07, 6.45) is -0.965. The Labute approximate surface area is 116 Å². The first-order valence-electron chi connectivity index (χ1n) is 6.11. The molecule has 20 heavy (non-hydrogen) atoms. The summed E-state index contributed by atoms with van der Waals surface area (Å²) < 4.78 is 5.18. The Kier molecular flexibility index (Phi) is 4.48. The van der Waals surface area contributed by atoms with Crippen molar-refractivity contribution in [1.82, 2.24) is 0 Å².